The second-order valence-electron chi connectivity index (χ2n) is 11.8. The number of carbonyl (C=O) groups is 1. The lowest BCUT2D eigenvalue weighted by Gasteiger charge is -2.19. The largest absolute Gasteiger partial charge is 0.393 e. The van der Waals surface area contributed by atoms with Crippen molar-refractivity contribution in [2.45, 2.75) is 139 Å². The van der Waals surface area contributed by atoms with E-state index in [0.717, 1.165) is 0 Å². The van der Waals surface area contributed by atoms with Crippen LogP contribution in [0.25, 0.3) is 0 Å². The number of carbonyl (C=O) groups excluding carboxylic acids is 1. The van der Waals surface area contributed by atoms with Crippen LogP contribution >= 0.6 is 0 Å². The highest BCUT2D eigenvalue weighted by Gasteiger charge is 2.20. The molecule has 0 radical (unpaired) electrons. The van der Waals surface area contributed by atoms with Gasteiger partial charge in [0.25, 0.3) is 0 Å². The summed E-state index contributed by atoms with van der Waals surface area (Å²) in [5.41, 5.74) is 5.18. The number of aliphatic hydroxyl groups excluding tert-OH is 9. The molecule has 43 heavy (non-hydrogen) atoms. The van der Waals surface area contributed by atoms with Crippen LogP contribution in [0.2, 0.25) is 0 Å². The van der Waals surface area contributed by atoms with Crippen molar-refractivity contribution < 1.29 is 50.8 Å². The van der Waals surface area contributed by atoms with Crippen LogP contribution in [-0.2, 0) is 4.79 Å². The van der Waals surface area contributed by atoms with Crippen molar-refractivity contribution in [2.24, 2.45) is 11.7 Å². The molecular formula is C30H57N3O10. The minimum absolute atomic E-state index is 0.0402. The number of rotatable bonds is 25. The van der Waals surface area contributed by atoms with Gasteiger partial charge in [-0.25, -0.2) is 0 Å². The smallest absolute Gasteiger partial charge is 0.185 e. The number of nitrogens with one attached hydrogen (secondary N) is 2. The Bertz CT molecular complexity index is 813. The van der Waals surface area contributed by atoms with Gasteiger partial charge < -0.3 is 57.0 Å². The van der Waals surface area contributed by atoms with Gasteiger partial charge in [-0.2, -0.15) is 0 Å². The van der Waals surface area contributed by atoms with Gasteiger partial charge in [0.05, 0.1) is 54.9 Å². The fourth-order valence-electron chi connectivity index (χ4n) is 4.47. The fourth-order valence-corrected chi connectivity index (χ4v) is 4.47. The maximum atomic E-state index is 11.7. The first kappa shape index (κ1) is 41.1. The number of hydrogen-bond donors (Lipinski definition) is 12. The van der Waals surface area contributed by atoms with E-state index in [4.69, 9.17) is 11.1 Å². The Hall–Kier alpha value is -1.94. The zero-order valence-electron chi connectivity index (χ0n) is 25.6. The molecule has 0 rings (SSSR count). The first-order valence-electron chi connectivity index (χ1n) is 15.1. The van der Waals surface area contributed by atoms with Gasteiger partial charge in [-0.05, 0) is 51.4 Å². The van der Waals surface area contributed by atoms with Crippen LogP contribution in [0, 0.1) is 11.3 Å². The monoisotopic (exact) mass is 619 g/mol. The van der Waals surface area contributed by atoms with E-state index in [9.17, 15) is 50.8 Å². The summed E-state index contributed by atoms with van der Waals surface area (Å²) in [6, 6.07) is 0. The van der Waals surface area contributed by atoms with Gasteiger partial charge in [-0.3, -0.25) is 10.2 Å². The highest BCUT2D eigenvalue weighted by atomic mass is 16.3. The van der Waals surface area contributed by atoms with Crippen molar-refractivity contribution in [1.82, 2.24) is 5.32 Å². The Morgan fingerprint density at radius 3 is 1.56 bits per heavy atom. The molecular weight excluding hydrogens is 562 g/mol. The molecule has 0 aromatic heterocycles. The zero-order valence-corrected chi connectivity index (χ0v) is 25.6. The molecule has 0 saturated carbocycles. The molecule has 0 spiro atoms. The van der Waals surface area contributed by atoms with E-state index in [0.29, 0.717) is 19.4 Å². The van der Waals surface area contributed by atoms with E-state index in [-0.39, 0.29) is 75.4 Å². The standard InChI is InChI=1S/C30H57N3O10/c1-19(2)29(43)18-28(42)17-27(41)15-23(37)9-4-8-22(36)14-26(40)16-25(39)13-21(35)7-3-6-20(34)12-24(38)10-5-11-33-30(31)32/h3-4,7,9,19-28,34-42H,5-6,8,10-18H2,1-2H3,(H4,31,32,33)/b7-3+,9-4+. The first-order valence-corrected chi connectivity index (χ1v) is 15.1. The third-order valence-corrected chi connectivity index (χ3v) is 6.85. The Balaban J connectivity index is 4.23. The highest BCUT2D eigenvalue weighted by molar-refractivity contribution is 5.80. The fraction of sp³-hybridized carbons (Fsp3) is 0.800. The third kappa shape index (κ3) is 24.1. The normalized spacial score (nSPS) is 18.7. The number of ketones is 1. The minimum atomic E-state index is -1.04. The van der Waals surface area contributed by atoms with Crippen LogP contribution in [0.3, 0.4) is 0 Å². The molecule has 13 N–H and O–H groups in total. The van der Waals surface area contributed by atoms with Crippen molar-refractivity contribution in [3.63, 3.8) is 0 Å². The number of nitrogens with two attached hydrogens (primary N) is 1. The molecule has 0 bridgehead atoms. The summed E-state index contributed by atoms with van der Waals surface area (Å²) in [5.74, 6) is -0.454. The molecule has 0 amide bonds. The molecule has 0 aliphatic heterocycles. The lowest BCUT2D eigenvalue weighted by Crippen LogP contribution is -2.31. The molecule has 9 atom stereocenters. The van der Waals surface area contributed by atoms with E-state index in [1.807, 2.05) is 0 Å². The molecule has 13 heteroatoms. The molecule has 0 aliphatic carbocycles. The highest BCUT2D eigenvalue weighted by Crippen LogP contribution is 2.15. The van der Waals surface area contributed by atoms with Gasteiger partial charge in [0.15, 0.2) is 5.96 Å². The lowest BCUT2D eigenvalue weighted by molar-refractivity contribution is -0.124. The molecule has 9 unspecified atom stereocenters. The summed E-state index contributed by atoms with van der Waals surface area (Å²) < 4.78 is 0. The van der Waals surface area contributed by atoms with Crippen LogP contribution in [0.5, 0.6) is 0 Å². The SMILES string of the molecule is CC(C)C(=O)CC(O)CC(O)CC(O)/C=C/CC(O)CC(O)CC(O)CC(O)/C=C/CC(O)CC(O)CCCNC(=N)N. The van der Waals surface area contributed by atoms with Gasteiger partial charge in [0.1, 0.15) is 5.78 Å². The average molecular weight is 620 g/mol. The molecule has 0 fully saturated rings. The topological polar surface area (TPSA) is 261 Å². The molecule has 0 heterocycles. The lowest BCUT2D eigenvalue weighted by atomic mass is 9.97. The van der Waals surface area contributed by atoms with E-state index >= 15 is 0 Å². The number of Topliss-reactive ketones (excluding diaryl/α,β-unsaturated/α-hetero) is 1. The molecule has 252 valence electrons. The number of guanidine groups is 1. The predicted octanol–water partition coefficient (Wildman–Crippen LogP) is -0.654. The van der Waals surface area contributed by atoms with Crippen molar-refractivity contribution in [2.75, 3.05) is 6.54 Å². The van der Waals surface area contributed by atoms with Gasteiger partial charge in [0, 0.05) is 31.7 Å². The number of aliphatic hydroxyl groups is 9. The molecule has 0 aliphatic rings. The van der Waals surface area contributed by atoms with E-state index < -0.39 is 54.9 Å². The quantitative estimate of drug-likeness (QED) is 0.0263. The van der Waals surface area contributed by atoms with Crippen LogP contribution in [-0.4, -0.2) is 119 Å². The zero-order chi connectivity index (χ0) is 32.9. The van der Waals surface area contributed by atoms with E-state index in [1.165, 1.54) is 18.2 Å². The predicted molar refractivity (Wildman–Crippen MR) is 163 cm³/mol. The van der Waals surface area contributed by atoms with Crippen molar-refractivity contribution >= 4 is 11.7 Å². The van der Waals surface area contributed by atoms with E-state index in [2.05, 4.69) is 5.32 Å². The van der Waals surface area contributed by atoms with Gasteiger partial charge in [0.2, 0.25) is 0 Å². The summed E-state index contributed by atoms with van der Waals surface area (Å²) in [7, 11) is 0. The summed E-state index contributed by atoms with van der Waals surface area (Å²) in [5, 5.41) is 100. The molecule has 13 nitrogen and oxygen atoms in total. The van der Waals surface area contributed by atoms with Crippen molar-refractivity contribution in [1.29, 1.82) is 5.41 Å². The van der Waals surface area contributed by atoms with Gasteiger partial charge in [-0.1, -0.05) is 38.2 Å². The van der Waals surface area contributed by atoms with Crippen LogP contribution in [0.4, 0.5) is 0 Å². The van der Waals surface area contributed by atoms with Crippen LogP contribution < -0.4 is 11.1 Å². The van der Waals surface area contributed by atoms with Crippen molar-refractivity contribution in [3.8, 4) is 0 Å². The molecule has 0 aromatic rings. The maximum Gasteiger partial charge on any atom is 0.185 e. The maximum absolute atomic E-state index is 11.7. The summed E-state index contributed by atoms with van der Waals surface area (Å²) in [6.07, 6.45) is -1.53. The Labute approximate surface area is 255 Å². The van der Waals surface area contributed by atoms with Gasteiger partial charge in [-0.15, -0.1) is 0 Å². The second kappa shape index (κ2) is 23.4. The summed E-state index contributed by atoms with van der Waals surface area (Å²) in [4.78, 5) is 11.7. The second-order valence-corrected chi connectivity index (χ2v) is 11.8. The molecule has 0 saturated heterocycles. The molecule has 0 aromatic carbocycles. The van der Waals surface area contributed by atoms with Gasteiger partial charge >= 0.3 is 0 Å². The number of hydrogen-bond acceptors (Lipinski definition) is 11. The Morgan fingerprint density at radius 1 is 0.674 bits per heavy atom. The first-order chi connectivity index (χ1) is 20.1. The Morgan fingerprint density at radius 2 is 1.09 bits per heavy atom. The van der Waals surface area contributed by atoms with Crippen LogP contribution in [0.1, 0.15) is 84.5 Å². The minimum Gasteiger partial charge on any atom is -0.393 e. The van der Waals surface area contributed by atoms with Crippen molar-refractivity contribution in [3.05, 3.63) is 24.3 Å². The van der Waals surface area contributed by atoms with E-state index in [1.54, 1.807) is 19.9 Å². The average Bonchev–Trinajstić information content (AvgIpc) is 2.85. The Kier molecular flexibility index (Phi) is 22.4. The summed E-state index contributed by atoms with van der Waals surface area (Å²) in [6.45, 7) is 3.91. The third-order valence-electron chi connectivity index (χ3n) is 6.85. The van der Waals surface area contributed by atoms with Crippen LogP contribution in [0.15, 0.2) is 24.3 Å². The summed E-state index contributed by atoms with van der Waals surface area (Å²) >= 11 is 0.